The number of nitrogens with zero attached hydrogens (tertiary/aromatic N) is 2. The van der Waals surface area contributed by atoms with Gasteiger partial charge in [-0.1, -0.05) is 59.3 Å². The second kappa shape index (κ2) is 8.54. The average molecular weight is 489 g/mol. The van der Waals surface area contributed by atoms with Crippen LogP contribution in [0.2, 0.25) is 0 Å². The molecule has 3 atom stereocenters. The molecule has 3 aliphatic rings. The summed E-state index contributed by atoms with van der Waals surface area (Å²) in [7, 11) is 1.83. The second-order valence-electron chi connectivity index (χ2n) is 8.19. The fourth-order valence-corrected chi connectivity index (χ4v) is 6.04. The summed E-state index contributed by atoms with van der Waals surface area (Å²) >= 11 is 5.10. The van der Waals surface area contributed by atoms with E-state index in [0.717, 1.165) is 46.6 Å². The van der Waals surface area contributed by atoms with E-state index in [-0.39, 0.29) is 17.9 Å². The Labute approximate surface area is 192 Å². The van der Waals surface area contributed by atoms with Crippen LogP contribution in [0.5, 0.6) is 5.75 Å². The Morgan fingerprint density at radius 3 is 2.87 bits per heavy atom. The molecule has 30 heavy (non-hydrogen) atoms. The molecular formula is C24H29BrN2O2S. The summed E-state index contributed by atoms with van der Waals surface area (Å²) < 4.78 is 7.52. The normalized spacial score (nSPS) is 26.7. The molecule has 0 radical (unpaired) electrons. The highest BCUT2D eigenvalue weighted by Gasteiger charge is 2.54. The highest BCUT2D eigenvalue weighted by molar-refractivity contribution is 9.10. The molecule has 0 fully saturated rings. The smallest absolute Gasteiger partial charge is 0.261 e. The Hall–Kier alpha value is -1.53. The lowest BCUT2D eigenvalue weighted by molar-refractivity contribution is -0.132. The zero-order valence-electron chi connectivity index (χ0n) is 18.1. The molecule has 4 nitrogen and oxygen atoms in total. The van der Waals surface area contributed by atoms with Gasteiger partial charge in [-0.15, -0.1) is 0 Å². The van der Waals surface area contributed by atoms with Gasteiger partial charge in [0.2, 0.25) is 0 Å². The molecule has 6 heteroatoms. The predicted molar refractivity (Wildman–Crippen MR) is 128 cm³/mol. The number of rotatable bonds is 4. The standard InChI is InChI=1S/C24H29BrN2O2S/c1-5-15-9-7-8-10-18(15)17(6-2)21-14-24(22(28)27(3)23(26-24)30-4)19-13-16(25)11-12-20(19)29-21/h8,10-13,17,21H,5-7,9,14H2,1-4H3. The maximum absolute atomic E-state index is 13.6. The van der Waals surface area contributed by atoms with Gasteiger partial charge in [0.05, 0.1) is 0 Å². The third-order valence-electron chi connectivity index (χ3n) is 6.61. The first-order chi connectivity index (χ1) is 14.4. The lowest BCUT2D eigenvalue weighted by atomic mass is 9.74. The van der Waals surface area contributed by atoms with Gasteiger partial charge in [0.15, 0.2) is 10.7 Å². The monoisotopic (exact) mass is 488 g/mol. The molecule has 1 aromatic rings. The molecule has 0 saturated carbocycles. The molecule has 1 amide bonds. The molecule has 1 spiro atoms. The SMILES string of the molecule is CCC1=C(C(CC)C2CC3(N=C(SC)N(C)C3=O)c3cc(Br)ccc3O2)C=CCC1. The maximum atomic E-state index is 13.6. The van der Waals surface area contributed by atoms with E-state index in [1.807, 2.05) is 31.5 Å². The number of fused-ring (bicyclic) bond motifs is 2. The van der Waals surface area contributed by atoms with Gasteiger partial charge < -0.3 is 4.74 Å². The molecule has 3 unspecified atom stereocenters. The van der Waals surface area contributed by atoms with Crippen molar-refractivity contribution in [2.45, 2.75) is 57.6 Å². The second-order valence-corrected chi connectivity index (χ2v) is 9.88. The number of ether oxygens (including phenoxy) is 1. The number of hydrogen-bond acceptors (Lipinski definition) is 4. The first-order valence-corrected chi connectivity index (χ1v) is 12.7. The van der Waals surface area contributed by atoms with Gasteiger partial charge in [-0.3, -0.25) is 9.69 Å². The van der Waals surface area contributed by atoms with Gasteiger partial charge in [0, 0.05) is 29.4 Å². The van der Waals surface area contributed by atoms with E-state index in [2.05, 4.69) is 41.9 Å². The minimum atomic E-state index is -0.909. The molecule has 160 valence electrons. The third kappa shape index (κ3) is 3.46. The zero-order chi connectivity index (χ0) is 21.5. The van der Waals surface area contributed by atoms with Crippen LogP contribution in [0.4, 0.5) is 0 Å². The Kier molecular flexibility index (Phi) is 6.18. The van der Waals surface area contributed by atoms with Gasteiger partial charge >= 0.3 is 0 Å². The molecule has 0 saturated heterocycles. The van der Waals surface area contributed by atoms with Gasteiger partial charge in [-0.05, 0) is 55.7 Å². The first kappa shape index (κ1) is 21.7. The van der Waals surface area contributed by atoms with E-state index in [9.17, 15) is 4.79 Å². The van der Waals surface area contributed by atoms with E-state index < -0.39 is 5.54 Å². The van der Waals surface area contributed by atoms with Gasteiger partial charge in [0.25, 0.3) is 5.91 Å². The van der Waals surface area contributed by atoms with Crippen LogP contribution in [0.15, 0.2) is 51.0 Å². The van der Waals surface area contributed by atoms with E-state index in [4.69, 9.17) is 9.73 Å². The van der Waals surface area contributed by atoms with Crippen LogP contribution in [0.3, 0.4) is 0 Å². The van der Waals surface area contributed by atoms with Crippen LogP contribution in [-0.4, -0.2) is 35.4 Å². The molecule has 0 N–H and O–H groups in total. The van der Waals surface area contributed by atoms with Crippen molar-refractivity contribution < 1.29 is 9.53 Å². The summed E-state index contributed by atoms with van der Waals surface area (Å²) in [6.07, 6.45) is 11.3. The van der Waals surface area contributed by atoms with Crippen molar-refractivity contribution in [1.29, 1.82) is 0 Å². The van der Waals surface area contributed by atoms with Crippen molar-refractivity contribution in [2.24, 2.45) is 10.9 Å². The Morgan fingerprint density at radius 1 is 1.40 bits per heavy atom. The lowest BCUT2D eigenvalue weighted by Crippen LogP contribution is -2.47. The minimum absolute atomic E-state index is 0.0400. The molecule has 4 rings (SSSR count). The van der Waals surface area contributed by atoms with Gasteiger partial charge in [0.1, 0.15) is 11.9 Å². The van der Waals surface area contributed by atoms with E-state index in [0.29, 0.717) is 6.42 Å². The molecule has 2 aliphatic heterocycles. The predicted octanol–water partition coefficient (Wildman–Crippen LogP) is 6.07. The van der Waals surface area contributed by atoms with Gasteiger partial charge in [-0.25, -0.2) is 4.99 Å². The molecular weight excluding hydrogens is 460 g/mol. The average Bonchev–Trinajstić information content (AvgIpc) is 3.00. The molecule has 2 heterocycles. The third-order valence-corrected chi connectivity index (χ3v) is 7.83. The van der Waals surface area contributed by atoms with Crippen molar-refractivity contribution in [3.63, 3.8) is 0 Å². The number of benzene rings is 1. The Morgan fingerprint density at radius 2 is 2.20 bits per heavy atom. The largest absolute Gasteiger partial charge is 0.489 e. The van der Waals surface area contributed by atoms with E-state index >= 15 is 0 Å². The summed E-state index contributed by atoms with van der Waals surface area (Å²) in [6.45, 7) is 4.46. The topological polar surface area (TPSA) is 41.9 Å². The maximum Gasteiger partial charge on any atom is 0.261 e. The van der Waals surface area contributed by atoms with Crippen molar-refractivity contribution in [3.8, 4) is 5.75 Å². The number of allylic oxidation sites excluding steroid dienone is 3. The lowest BCUT2D eigenvalue weighted by Gasteiger charge is -2.40. The summed E-state index contributed by atoms with van der Waals surface area (Å²) in [5.41, 5.74) is 2.88. The highest BCUT2D eigenvalue weighted by atomic mass is 79.9. The number of hydrogen-bond donors (Lipinski definition) is 0. The van der Waals surface area contributed by atoms with Crippen LogP contribution < -0.4 is 4.74 Å². The van der Waals surface area contributed by atoms with Crippen LogP contribution in [0.1, 0.15) is 51.5 Å². The highest BCUT2D eigenvalue weighted by Crippen LogP contribution is 2.50. The van der Waals surface area contributed by atoms with E-state index in [1.54, 1.807) is 4.90 Å². The van der Waals surface area contributed by atoms with Crippen LogP contribution in [-0.2, 0) is 10.3 Å². The zero-order valence-corrected chi connectivity index (χ0v) is 20.5. The van der Waals surface area contributed by atoms with Crippen LogP contribution in [0, 0.1) is 5.92 Å². The number of halogens is 1. The fraction of sp³-hybridized carbons (Fsp3) is 0.500. The Balaban J connectivity index is 1.83. The number of likely N-dealkylation sites (N-methyl/N-ethyl adjacent to an activating group) is 1. The molecule has 0 aromatic heterocycles. The number of aliphatic imine (C=N–C) groups is 1. The number of carbonyl (C=O) groups excluding carboxylic acids is 1. The number of amidine groups is 1. The molecule has 1 aromatic carbocycles. The van der Waals surface area contributed by atoms with Crippen molar-refractivity contribution in [3.05, 3.63) is 51.5 Å². The molecule has 1 aliphatic carbocycles. The summed E-state index contributed by atoms with van der Waals surface area (Å²) in [6, 6.07) is 5.96. The molecule has 0 bridgehead atoms. The summed E-state index contributed by atoms with van der Waals surface area (Å²) in [5.74, 6) is 1.06. The van der Waals surface area contributed by atoms with Crippen molar-refractivity contribution in [1.82, 2.24) is 4.90 Å². The number of thioether (sulfide) groups is 1. The Bertz CT molecular complexity index is 955. The summed E-state index contributed by atoms with van der Waals surface area (Å²) in [5, 5.41) is 0.769. The van der Waals surface area contributed by atoms with Crippen LogP contribution >= 0.6 is 27.7 Å². The van der Waals surface area contributed by atoms with Crippen molar-refractivity contribution in [2.75, 3.05) is 13.3 Å². The van der Waals surface area contributed by atoms with E-state index in [1.165, 1.54) is 22.9 Å². The fourth-order valence-electron chi connectivity index (χ4n) is 5.08. The quantitative estimate of drug-likeness (QED) is 0.516. The van der Waals surface area contributed by atoms with Gasteiger partial charge in [-0.2, -0.15) is 0 Å². The van der Waals surface area contributed by atoms with Crippen molar-refractivity contribution >= 4 is 38.8 Å². The first-order valence-electron chi connectivity index (χ1n) is 10.7. The van der Waals surface area contributed by atoms with Crippen LogP contribution in [0.25, 0.3) is 0 Å². The number of carbonyl (C=O) groups is 1. The minimum Gasteiger partial charge on any atom is -0.489 e. The number of amides is 1. The summed E-state index contributed by atoms with van der Waals surface area (Å²) in [4.78, 5) is 20.3.